The summed E-state index contributed by atoms with van der Waals surface area (Å²) in [7, 11) is 2.71. The summed E-state index contributed by atoms with van der Waals surface area (Å²) in [4.78, 5) is 25.3. The van der Waals surface area contributed by atoms with Crippen LogP contribution in [-0.4, -0.2) is 26.2 Å². The van der Waals surface area contributed by atoms with E-state index in [9.17, 15) is 9.59 Å². The molecule has 4 heteroatoms. The first-order chi connectivity index (χ1) is 11.1. The highest BCUT2D eigenvalue weighted by molar-refractivity contribution is 6.03. The molecule has 1 saturated carbocycles. The van der Waals surface area contributed by atoms with Crippen molar-refractivity contribution >= 4 is 11.9 Å². The molecular weight excluding hydrogens is 292 g/mol. The van der Waals surface area contributed by atoms with Crippen LogP contribution in [0.2, 0.25) is 0 Å². The zero-order valence-electron chi connectivity index (χ0n) is 14.0. The van der Waals surface area contributed by atoms with Crippen LogP contribution in [0.25, 0.3) is 0 Å². The minimum Gasteiger partial charge on any atom is -0.468 e. The van der Waals surface area contributed by atoms with Crippen LogP contribution >= 0.6 is 0 Å². The first-order valence-electron chi connectivity index (χ1n) is 8.71. The van der Waals surface area contributed by atoms with Crippen LogP contribution in [0, 0.1) is 23.2 Å². The summed E-state index contributed by atoms with van der Waals surface area (Å²) >= 11 is 0. The van der Waals surface area contributed by atoms with Gasteiger partial charge in [-0.1, -0.05) is 43.1 Å². The number of carbonyl (C=O) groups excluding carboxylic acids is 2. The number of hydrogen-bond acceptors (Lipinski definition) is 4. The van der Waals surface area contributed by atoms with Crippen molar-refractivity contribution in [2.75, 3.05) is 14.2 Å². The third kappa shape index (κ3) is 2.52. The number of hydrogen-bond donors (Lipinski definition) is 0. The molecule has 4 nitrogen and oxygen atoms in total. The largest absolute Gasteiger partial charge is 0.468 e. The van der Waals surface area contributed by atoms with Gasteiger partial charge in [-0.25, -0.2) is 0 Å². The summed E-state index contributed by atoms with van der Waals surface area (Å²) in [5.41, 5.74) is 0.00700. The van der Waals surface area contributed by atoms with E-state index in [1.807, 2.05) is 6.08 Å². The molecule has 0 radical (unpaired) electrons. The van der Waals surface area contributed by atoms with Gasteiger partial charge in [0.2, 0.25) is 0 Å². The predicted molar refractivity (Wildman–Crippen MR) is 86.5 cm³/mol. The normalized spacial score (nSPS) is 29.6. The van der Waals surface area contributed by atoms with E-state index in [4.69, 9.17) is 9.47 Å². The maximum atomic E-state index is 12.6. The first kappa shape index (κ1) is 16.3. The van der Waals surface area contributed by atoms with Crippen molar-refractivity contribution in [3.8, 4) is 0 Å². The SMILES string of the molecule is COC(=O)C1(C(=O)OC)C=C(C2CCCCC2)[C@H]2C=CCC[C@H]21. The Morgan fingerprint density at radius 1 is 1.04 bits per heavy atom. The lowest BCUT2D eigenvalue weighted by molar-refractivity contribution is -0.169. The van der Waals surface area contributed by atoms with Crippen LogP contribution in [0.15, 0.2) is 23.8 Å². The van der Waals surface area contributed by atoms with Crippen molar-refractivity contribution in [1.82, 2.24) is 0 Å². The van der Waals surface area contributed by atoms with Crippen molar-refractivity contribution in [2.45, 2.75) is 44.9 Å². The van der Waals surface area contributed by atoms with E-state index in [0.717, 1.165) is 25.7 Å². The molecule has 3 rings (SSSR count). The second-order valence-electron chi connectivity index (χ2n) is 6.97. The molecule has 0 N–H and O–H groups in total. The molecule has 0 amide bonds. The van der Waals surface area contributed by atoms with Gasteiger partial charge < -0.3 is 9.47 Å². The van der Waals surface area contributed by atoms with Crippen LogP contribution in [0.4, 0.5) is 0 Å². The third-order valence-corrected chi connectivity index (χ3v) is 5.91. The highest BCUT2D eigenvalue weighted by atomic mass is 16.5. The fourth-order valence-corrected chi connectivity index (χ4v) is 4.82. The second-order valence-corrected chi connectivity index (χ2v) is 6.97. The molecule has 0 bridgehead atoms. The van der Waals surface area contributed by atoms with E-state index in [1.54, 1.807) is 0 Å². The molecule has 1 fully saturated rings. The summed E-state index contributed by atoms with van der Waals surface area (Å²) in [6.45, 7) is 0. The van der Waals surface area contributed by atoms with Gasteiger partial charge in [-0.3, -0.25) is 9.59 Å². The lowest BCUT2D eigenvalue weighted by atomic mass is 9.69. The minimum absolute atomic E-state index is 0.0654. The molecule has 0 saturated heterocycles. The Kier molecular flexibility index (Phi) is 4.60. The van der Waals surface area contributed by atoms with Crippen LogP contribution in [0.5, 0.6) is 0 Å². The van der Waals surface area contributed by atoms with Gasteiger partial charge in [0.15, 0.2) is 5.41 Å². The van der Waals surface area contributed by atoms with Gasteiger partial charge in [0.05, 0.1) is 14.2 Å². The highest BCUT2D eigenvalue weighted by Crippen LogP contribution is 2.55. The van der Waals surface area contributed by atoms with Gasteiger partial charge in [0.25, 0.3) is 0 Å². The Hall–Kier alpha value is -1.58. The van der Waals surface area contributed by atoms with Crippen LogP contribution in [0.3, 0.4) is 0 Å². The Morgan fingerprint density at radius 2 is 1.70 bits per heavy atom. The quantitative estimate of drug-likeness (QED) is 0.454. The Bertz CT molecular complexity index is 524. The number of methoxy groups -OCH3 is 2. The molecule has 0 unspecified atom stereocenters. The number of rotatable bonds is 3. The van der Waals surface area contributed by atoms with Crippen molar-refractivity contribution in [2.24, 2.45) is 23.2 Å². The third-order valence-electron chi connectivity index (χ3n) is 5.91. The predicted octanol–water partition coefficient (Wildman–Crippen LogP) is 3.42. The van der Waals surface area contributed by atoms with E-state index in [2.05, 4.69) is 12.2 Å². The smallest absolute Gasteiger partial charge is 0.327 e. The molecule has 0 aromatic rings. The highest BCUT2D eigenvalue weighted by Gasteiger charge is 2.60. The number of esters is 2. The monoisotopic (exact) mass is 318 g/mol. The molecule has 23 heavy (non-hydrogen) atoms. The Morgan fingerprint density at radius 3 is 2.30 bits per heavy atom. The molecule has 2 atom stereocenters. The lowest BCUT2D eigenvalue weighted by Gasteiger charge is -2.34. The van der Waals surface area contributed by atoms with Gasteiger partial charge >= 0.3 is 11.9 Å². The molecule has 126 valence electrons. The minimum atomic E-state index is -1.26. The summed E-state index contributed by atoms with van der Waals surface area (Å²) in [6, 6.07) is 0. The average molecular weight is 318 g/mol. The summed E-state index contributed by atoms with van der Waals surface area (Å²) < 4.78 is 10.1. The summed E-state index contributed by atoms with van der Waals surface area (Å²) in [5, 5.41) is 0. The van der Waals surface area contributed by atoms with E-state index in [1.165, 1.54) is 39.1 Å². The molecule has 3 aliphatic carbocycles. The van der Waals surface area contributed by atoms with Gasteiger partial charge in [-0.05, 0) is 37.5 Å². The van der Waals surface area contributed by atoms with Gasteiger partial charge in [0, 0.05) is 5.92 Å². The number of allylic oxidation sites excluding steroid dienone is 3. The van der Waals surface area contributed by atoms with E-state index in [0.29, 0.717) is 5.92 Å². The zero-order valence-corrected chi connectivity index (χ0v) is 14.0. The zero-order chi connectivity index (χ0) is 16.4. The molecule has 3 aliphatic rings. The molecule has 0 aliphatic heterocycles. The topological polar surface area (TPSA) is 52.6 Å². The number of fused-ring (bicyclic) bond motifs is 1. The van der Waals surface area contributed by atoms with Crippen LogP contribution in [0.1, 0.15) is 44.9 Å². The fourth-order valence-electron chi connectivity index (χ4n) is 4.82. The number of ether oxygens (including phenoxy) is 2. The van der Waals surface area contributed by atoms with E-state index < -0.39 is 17.4 Å². The standard InChI is InChI=1S/C19H26O4/c1-22-17(20)19(18(21)23-2)12-15(13-8-4-3-5-9-13)14-10-6-7-11-16(14)19/h6,10,12-14,16H,3-5,7-9,11H2,1-2H3/t14-,16-/m1/s1. The van der Waals surface area contributed by atoms with Crippen molar-refractivity contribution in [3.63, 3.8) is 0 Å². The number of carbonyl (C=O) groups is 2. The summed E-state index contributed by atoms with van der Waals surface area (Å²) in [5.74, 6) is -0.356. The molecule has 0 spiro atoms. The molecular formula is C19H26O4. The van der Waals surface area contributed by atoms with Crippen LogP contribution < -0.4 is 0 Å². The lowest BCUT2D eigenvalue weighted by Crippen LogP contribution is -2.45. The van der Waals surface area contributed by atoms with Crippen molar-refractivity contribution in [3.05, 3.63) is 23.8 Å². The van der Waals surface area contributed by atoms with Gasteiger partial charge in [0.1, 0.15) is 0 Å². The molecule has 0 heterocycles. The molecule has 0 aromatic heterocycles. The van der Waals surface area contributed by atoms with Crippen molar-refractivity contribution < 1.29 is 19.1 Å². The van der Waals surface area contributed by atoms with E-state index in [-0.39, 0.29) is 11.8 Å². The molecule has 0 aromatic carbocycles. The Balaban J connectivity index is 2.06. The maximum absolute atomic E-state index is 12.6. The van der Waals surface area contributed by atoms with Gasteiger partial charge in [-0.2, -0.15) is 0 Å². The fraction of sp³-hybridized carbons (Fsp3) is 0.684. The maximum Gasteiger partial charge on any atom is 0.327 e. The van der Waals surface area contributed by atoms with Gasteiger partial charge in [-0.15, -0.1) is 0 Å². The van der Waals surface area contributed by atoms with Crippen LogP contribution in [-0.2, 0) is 19.1 Å². The second kappa shape index (κ2) is 6.50. The van der Waals surface area contributed by atoms with E-state index >= 15 is 0 Å². The first-order valence-corrected chi connectivity index (χ1v) is 8.71. The Labute approximate surface area is 137 Å². The average Bonchev–Trinajstić information content (AvgIpc) is 2.97. The summed E-state index contributed by atoms with van der Waals surface area (Å²) in [6.07, 6.45) is 14.1. The van der Waals surface area contributed by atoms with Crippen molar-refractivity contribution in [1.29, 1.82) is 0 Å².